The summed E-state index contributed by atoms with van der Waals surface area (Å²) in [6.45, 7) is 2.08. The van der Waals surface area contributed by atoms with E-state index in [0.717, 1.165) is 38.1 Å². The third kappa shape index (κ3) is 6.10. The standard InChI is InChI=1S/C26H33N3O3/c1-32-23-11-9-22(10-12-23)28-26(31)24(13-4-18-2-3-18)29-25(30)21-7-5-19(6-8-21)20-14-16-27-17-15-20/h5-12,18,20,24,27H,2-4,13-17H2,1H3,(H,28,31)(H,29,30). The van der Waals surface area contributed by atoms with Gasteiger partial charge in [-0.1, -0.05) is 25.0 Å². The SMILES string of the molecule is COc1ccc(NC(=O)C(CCC2CC2)NC(=O)c2ccc(C3CCNCC3)cc2)cc1. The van der Waals surface area contributed by atoms with Crippen LogP contribution in [0.25, 0.3) is 0 Å². The number of hydrogen-bond acceptors (Lipinski definition) is 4. The van der Waals surface area contributed by atoms with Gasteiger partial charge < -0.3 is 20.7 Å². The molecule has 1 unspecified atom stereocenters. The van der Waals surface area contributed by atoms with Crippen LogP contribution in [0.15, 0.2) is 48.5 Å². The normalized spacial score (nSPS) is 17.4. The number of carbonyl (C=O) groups excluding carboxylic acids is 2. The van der Waals surface area contributed by atoms with Crippen molar-refractivity contribution in [3.8, 4) is 5.75 Å². The maximum Gasteiger partial charge on any atom is 0.251 e. The maximum absolute atomic E-state index is 13.0. The molecule has 2 fully saturated rings. The topological polar surface area (TPSA) is 79.5 Å². The fourth-order valence-corrected chi connectivity index (χ4v) is 4.28. The number of benzene rings is 2. The number of nitrogens with one attached hydrogen (secondary N) is 3. The van der Waals surface area contributed by atoms with Gasteiger partial charge in [0.1, 0.15) is 11.8 Å². The van der Waals surface area contributed by atoms with E-state index in [1.165, 1.54) is 18.4 Å². The lowest BCUT2D eigenvalue weighted by Gasteiger charge is -2.23. The number of carbonyl (C=O) groups is 2. The zero-order valence-electron chi connectivity index (χ0n) is 18.7. The first kappa shape index (κ1) is 22.3. The van der Waals surface area contributed by atoms with Gasteiger partial charge in [-0.25, -0.2) is 0 Å². The van der Waals surface area contributed by atoms with Gasteiger partial charge in [-0.2, -0.15) is 0 Å². The molecule has 0 spiro atoms. The summed E-state index contributed by atoms with van der Waals surface area (Å²) in [5.74, 6) is 1.58. The number of piperidine rings is 1. The van der Waals surface area contributed by atoms with Crippen LogP contribution >= 0.6 is 0 Å². The number of anilines is 1. The minimum atomic E-state index is -0.561. The molecule has 3 N–H and O–H groups in total. The molecule has 2 amide bonds. The van der Waals surface area contributed by atoms with Crippen LogP contribution in [0.2, 0.25) is 0 Å². The van der Waals surface area contributed by atoms with E-state index in [2.05, 4.69) is 28.1 Å². The number of hydrogen-bond donors (Lipinski definition) is 3. The van der Waals surface area contributed by atoms with Gasteiger partial charge in [0.25, 0.3) is 5.91 Å². The molecule has 2 aromatic rings. The predicted molar refractivity (Wildman–Crippen MR) is 126 cm³/mol. The molecule has 1 atom stereocenters. The van der Waals surface area contributed by atoms with Crippen molar-refractivity contribution in [3.63, 3.8) is 0 Å². The van der Waals surface area contributed by atoms with E-state index in [9.17, 15) is 9.59 Å². The average molecular weight is 436 g/mol. The van der Waals surface area contributed by atoms with Gasteiger partial charge in [0.05, 0.1) is 7.11 Å². The summed E-state index contributed by atoms with van der Waals surface area (Å²) < 4.78 is 5.17. The van der Waals surface area contributed by atoms with E-state index in [-0.39, 0.29) is 11.8 Å². The Bertz CT molecular complexity index is 901. The Hall–Kier alpha value is -2.86. The van der Waals surface area contributed by atoms with Crippen molar-refractivity contribution in [1.82, 2.24) is 10.6 Å². The Morgan fingerprint density at radius 1 is 1.00 bits per heavy atom. The molecule has 2 aromatic carbocycles. The Balaban J connectivity index is 1.39. The lowest BCUT2D eigenvalue weighted by Crippen LogP contribution is -2.43. The molecule has 1 aliphatic heterocycles. The summed E-state index contributed by atoms with van der Waals surface area (Å²) in [5, 5.41) is 9.29. The quantitative estimate of drug-likeness (QED) is 0.554. The van der Waals surface area contributed by atoms with Gasteiger partial charge in [-0.15, -0.1) is 0 Å². The van der Waals surface area contributed by atoms with Crippen molar-refractivity contribution in [2.24, 2.45) is 5.92 Å². The summed E-state index contributed by atoms with van der Waals surface area (Å²) in [4.78, 5) is 25.9. The molecular weight excluding hydrogens is 402 g/mol. The highest BCUT2D eigenvalue weighted by Crippen LogP contribution is 2.34. The fourth-order valence-electron chi connectivity index (χ4n) is 4.28. The van der Waals surface area contributed by atoms with Gasteiger partial charge in [0, 0.05) is 11.3 Å². The molecule has 170 valence electrons. The second-order valence-corrected chi connectivity index (χ2v) is 8.91. The van der Waals surface area contributed by atoms with Gasteiger partial charge >= 0.3 is 0 Å². The average Bonchev–Trinajstić information content (AvgIpc) is 3.67. The van der Waals surface area contributed by atoms with E-state index >= 15 is 0 Å². The van der Waals surface area contributed by atoms with Gasteiger partial charge in [0.2, 0.25) is 5.91 Å². The molecule has 1 saturated carbocycles. The second-order valence-electron chi connectivity index (χ2n) is 8.91. The molecule has 1 heterocycles. The van der Waals surface area contributed by atoms with Crippen LogP contribution in [0.4, 0.5) is 5.69 Å². The first-order valence-electron chi connectivity index (χ1n) is 11.7. The third-order valence-corrected chi connectivity index (χ3v) is 6.52. The molecule has 6 nitrogen and oxygen atoms in total. The largest absolute Gasteiger partial charge is 0.497 e. The zero-order valence-corrected chi connectivity index (χ0v) is 18.7. The smallest absolute Gasteiger partial charge is 0.251 e. The zero-order chi connectivity index (χ0) is 22.3. The molecule has 32 heavy (non-hydrogen) atoms. The van der Waals surface area contributed by atoms with Crippen LogP contribution in [0.1, 0.15) is 60.4 Å². The van der Waals surface area contributed by atoms with Crippen LogP contribution in [-0.2, 0) is 4.79 Å². The van der Waals surface area contributed by atoms with Gasteiger partial charge in [-0.05, 0) is 92.6 Å². The Morgan fingerprint density at radius 2 is 1.69 bits per heavy atom. The maximum atomic E-state index is 13.0. The summed E-state index contributed by atoms with van der Waals surface area (Å²) in [7, 11) is 1.61. The van der Waals surface area contributed by atoms with Crippen molar-refractivity contribution >= 4 is 17.5 Å². The van der Waals surface area contributed by atoms with Crippen LogP contribution in [0, 0.1) is 5.92 Å². The van der Waals surface area contributed by atoms with E-state index in [0.29, 0.717) is 29.5 Å². The lowest BCUT2D eigenvalue weighted by atomic mass is 9.90. The number of ether oxygens (including phenoxy) is 1. The summed E-state index contributed by atoms with van der Waals surface area (Å²) in [6, 6.07) is 14.5. The second kappa shape index (κ2) is 10.6. The molecule has 1 aliphatic carbocycles. The van der Waals surface area contributed by atoms with Crippen LogP contribution in [0.5, 0.6) is 5.75 Å². The van der Waals surface area contributed by atoms with Crippen LogP contribution < -0.4 is 20.7 Å². The molecule has 6 heteroatoms. The first-order chi connectivity index (χ1) is 15.6. The van der Waals surface area contributed by atoms with E-state index in [1.54, 1.807) is 31.4 Å². The highest BCUT2D eigenvalue weighted by molar-refractivity contribution is 6.01. The summed E-state index contributed by atoms with van der Waals surface area (Å²) in [6.07, 6.45) is 6.29. The van der Waals surface area contributed by atoms with Crippen LogP contribution in [0.3, 0.4) is 0 Å². The van der Waals surface area contributed by atoms with Crippen molar-refractivity contribution in [2.45, 2.75) is 50.5 Å². The fraction of sp³-hybridized carbons (Fsp3) is 0.462. The molecule has 0 aromatic heterocycles. The third-order valence-electron chi connectivity index (χ3n) is 6.52. The first-order valence-corrected chi connectivity index (χ1v) is 11.7. The highest BCUT2D eigenvalue weighted by atomic mass is 16.5. The van der Waals surface area contributed by atoms with Gasteiger partial charge in [-0.3, -0.25) is 9.59 Å². The number of amides is 2. The van der Waals surface area contributed by atoms with Crippen molar-refractivity contribution in [1.29, 1.82) is 0 Å². The molecule has 0 bridgehead atoms. The molecule has 2 aliphatic rings. The minimum absolute atomic E-state index is 0.185. The highest BCUT2D eigenvalue weighted by Gasteiger charge is 2.27. The molecule has 1 saturated heterocycles. The summed E-state index contributed by atoms with van der Waals surface area (Å²) >= 11 is 0. The van der Waals surface area contributed by atoms with Crippen molar-refractivity contribution < 1.29 is 14.3 Å². The molecule has 0 radical (unpaired) electrons. The molecular formula is C26H33N3O3. The van der Waals surface area contributed by atoms with E-state index in [1.807, 2.05) is 12.1 Å². The van der Waals surface area contributed by atoms with Crippen molar-refractivity contribution in [3.05, 3.63) is 59.7 Å². The minimum Gasteiger partial charge on any atom is -0.497 e. The Labute approximate surface area is 190 Å². The van der Waals surface area contributed by atoms with Crippen LogP contribution in [-0.4, -0.2) is 38.1 Å². The lowest BCUT2D eigenvalue weighted by molar-refractivity contribution is -0.118. The molecule has 4 rings (SSSR count). The predicted octanol–water partition coefficient (Wildman–Crippen LogP) is 4.09. The monoisotopic (exact) mass is 435 g/mol. The van der Waals surface area contributed by atoms with E-state index < -0.39 is 6.04 Å². The van der Waals surface area contributed by atoms with Crippen molar-refractivity contribution in [2.75, 3.05) is 25.5 Å². The Kier molecular flexibility index (Phi) is 7.43. The van der Waals surface area contributed by atoms with E-state index in [4.69, 9.17) is 4.74 Å². The van der Waals surface area contributed by atoms with Gasteiger partial charge in [0.15, 0.2) is 0 Å². The summed E-state index contributed by atoms with van der Waals surface area (Å²) in [5.41, 5.74) is 2.56. The number of rotatable bonds is 9. The Morgan fingerprint density at radius 3 is 2.31 bits per heavy atom. The number of methoxy groups -OCH3 is 1.